The largest absolute Gasteiger partial charge is 0.462 e. The average molecular weight is 406 g/mol. The molecule has 0 aliphatic carbocycles. The number of H-pyrrole nitrogens is 1. The predicted molar refractivity (Wildman–Crippen MR) is 115 cm³/mol. The summed E-state index contributed by atoms with van der Waals surface area (Å²) in [5.74, 6) is -0.786. The van der Waals surface area contributed by atoms with Crippen molar-refractivity contribution in [1.29, 1.82) is 0 Å². The molecule has 0 fully saturated rings. The Bertz CT molecular complexity index is 1020. The number of aromatic nitrogens is 2. The van der Waals surface area contributed by atoms with E-state index in [0.29, 0.717) is 25.0 Å². The summed E-state index contributed by atoms with van der Waals surface area (Å²) >= 11 is 0. The summed E-state index contributed by atoms with van der Waals surface area (Å²) in [7, 11) is 0. The van der Waals surface area contributed by atoms with Gasteiger partial charge in [0, 0.05) is 11.3 Å². The van der Waals surface area contributed by atoms with Crippen molar-refractivity contribution in [2.24, 2.45) is 0 Å². The molecule has 0 atom stereocenters. The molecule has 0 saturated carbocycles. The second kappa shape index (κ2) is 9.87. The van der Waals surface area contributed by atoms with E-state index < -0.39 is 5.97 Å². The van der Waals surface area contributed by atoms with Crippen LogP contribution in [0.15, 0.2) is 48.5 Å². The number of rotatable bonds is 8. The quantitative estimate of drug-likeness (QED) is 0.556. The molecule has 156 valence electrons. The van der Waals surface area contributed by atoms with E-state index in [4.69, 9.17) is 9.47 Å². The van der Waals surface area contributed by atoms with E-state index in [1.54, 1.807) is 19.9 Å². The Morgan fingerprint density at radius 1 is 0.900 bits per heavy atom. The highest BCUT2D eigenvalue weighted by molar-refractivity contribution is 5.96. The van der Waals surface area contributed by atoms with Crippen molar-refractivity contribution in [2.75, 3.05) is 13.2 Å². The van der Waals surface area contributed by atoms with Crippen LogP contribution in [0, 0.1) is 6.92 Å². The first-order chi connectivity index (χ1) is 14.5. The second-order valence-corrected chi connectivity index (χ2v) is 6.89. The molecule has 3 aromatic rings. The highest BCUT2D eigenvalue weighted by atomic mass is 16.5. The zero-order valence-corrected chi connectivity index (χ0v) is 17.5. The summed E-state index contributed by atoms with van der Waals surface area (Å²) in [4.78, 5) is 24.7. The number of ether oxygens (including phenoxy) is 2. The van der Waals surface area contributed by atoms with Gasteiger partial charge in [0.15, 0.2) is 5.69 Å². The molecular formula is C24H26N2O4. The lowest BCUT2D eigenvalue weighted by Gasteiger charge is -2.10. The Balaban J connectivity index is 1.93. The van der Waals surface area contributed by atoms with Gasteiger partial charge in [-0.2, -0.15) is 5.10 Å². The zero-order valence-electron chi connectivity index (χ0n) is 17.5. The van der Waals surface area contributed by atoms with Crippen molar-refractivity contribution in [3.05, 3.63) is 76.6 Å². The number of esters is 2. The first-order valence-corrected chi connectivity index (χ1v) is 10.1. The molecule has 0 spiro atoms. The van der Waals surface area contributed by atoms with Crippen molar-refractivity contribution in [1.82, 2.24) is 10.2 Å². The number of carbonyl (C=O) groups excluding carboxylic acids is 2. The van der Waals surface area contributed by atoms with Crippen molar-refractivity contribution >= 4 is 11.9 Å². The molecule has 3 rings (SSSR count). The van der Waals surface area contributed by atoms with E-state index in [1.165, 1.54) is 0 Å². The van der Waals surface area contributed by atoms with Gasteiger partial charge in [0.2, 0.25) is 0 Å². The molecule has 2 aromatic carbocycles. The van der Waals surface area contributed by atoms with E-state index in [9.17, 15) is 9.59 Å². The minimum atomic E-state index is -0.456. The highest BCUT2D eigenvalue weighted by Crippen LogP contribution is 2.28. The maximum atomic E-state index is 12.4. The van der Waals surface area contributed by atoms with Gasteiger partial charge in [-0.25, -0.2) is 9.59 Å². The maximum absolute atomic E-state index is 12.4. The van der Waals surface area contributed by atoms with E-state index in [2.05, 4.69) is 10.2 Å². The monoisotopic (exact) mass is 406 g/mol. The minimum Gasteiger partial charge on any atom is -0.462 e. The third-order valence-corrected chi connectivity index (χ3v) is 4.81. The molecule has 6 heteroatoms. The van der Waals surface area contributed by atoms with E-state index >= 15 is 0 Å². The molecule has 6 nitrogen and oxygen atoms in total. The number of aryl methyl sites for hydroxylation is 3. The molecule has 1 aromatic heterocycles. The lowest BCUT2D eigenvalue weighted by Crippen LogP contribution is -2.09. The van der Waals surface area contributed by atoms with Crippen LogP contribution in [-0.4, -0.2) is 35.3 Å². The smallest absolute Gasteiger partial charge is 0.359 e. The van der Waals surface area contributed by atoms with Crippen LogP contribution in [0.5, 0.6) is 0 Å². The SMILES string of the molecule is CCOC(=O)c1ccccc1CCc1[nH]nc(C(=O)OCC)c1-c1ccc(C)cc1. The van der Waals surface area contributed by atoms with Crippen molar-refractivity contribution in [3.63, 3.8) is 0 Å². The summed E-state index contributed by atoms with van der Waals surface area (Å²) in [6.07, 6.45) is 1.17. The van der Waals surface area contributed by atoms with E-state index in [-0.39, 0.29) is 18.3 Å². The van der Waals surface area contributed by atoms with Crippen LogP contribution in [-0.2, 0) is 22.3 Å². The molecule has 0 bridgehead atoms. The number of nitrogens with zero attached hydrogens (tertiary/aromatic N) is 1. The fourth-order valence-corrected chi connectivity index (χ4v) is 3.34. The number of hydrogen-bond acceptors (Lipinski definition) is 5. The molecule has 0 saturated heterocycles. The molecule has 0 amide bonds. The topological polar surface area (TPSA) is 81.3 Å². The van der Waals surface area contributed by atoms with Gasteiger partial charge in [-0.15, -0.1) is 0 Å². The molecular weight excluding hydrogens is 380 g/mol. The van der Waals surface area contributed by atoms with Crippen LogP contribution in [0.2, 0.25) is 0 Å². The van der Waals surface area contributed by atoms with E-state index in [1.807, 2.05) is 49.4 Å². The fourth-order valence-electron chi connectivity index (χ4n) is 3.34. The molecule has 1 N–H and O–H groups in total. The standard InChI is InChI=1S/C24H26N2O4/c1-4-29-23(27)19-9-7-6-8-17(19)14-15-20-21(18-12-10-16(3)11-13-18)22(26-25-20)24(28)30-5-2/h6-13H,4-5,14-15H2,1-3H3,(H,25,26). The first kappa shape index (κ1) is 21.3. The number of aromatic amines is 1. The Labute approximate surface area is 176 Å². The Morgan fingerprint density at radius 2 is 1.57 bits per heavy atom. The third kappa shape index (κ3) is 4.76. The van der Waals surface area contributed by atoms with Crippen LogP contribution in [0.4, 0.5) is 0 Å². The molecule has 0 unspecified atom stereocenters. The van der Waals surface area contributed by atoms with Gasteiger partial charge in [-0.05, 0) is 50.8 Å². The average Bonchev–Trinajstić information content (AvgIpc) is 3.17. The predicted octanol–water partition coefficient (Wildman–Crippen LogP) is 4.52. The summed E-state index contributed by atoms with van der Waals surface area (Å²) < 4.78 is 10.4. The van der Waals surface area contributed by atoms with Gasteiger partial charge in [-0.3, -0.25) is 5.10 Å². The number of nitrogens with one attached hydrogen (secondary N) is 1. The van der Waals surface area contributed by atoms with Crippen molar-refractivity contribution in [2.45, 2.75) is 33.6 Å². The van der Waals surface area contributed by atoms with E-state index in [0.717, 1.165) is 27.9 Å². The Kier molecular flexibility index (Phi) is 7.01. The first-order valence-electron chi connectivity index (χ1n) is 10.1. The molecule has 30 heavy (non-hydrogen) atoms. The van der Waals surface area contributed by atoms with Crippen LogP contribution in [0.1, 0.15) is 51.5 Å². The number of benzene rings is 2. The Hall–Kier alpha value is -3.41. The summed E-state index contributed by atoms with van der Waals surface area (Å²) in [6, 6.07) is 15.3. The molecule has 0 radical (unpaired) electrons. The van der Waals surface area contributed by atoms with Gasteiger partial charge in [-0.1, -0.05) is 48.0 Å². The second-order valence-electron chi connectivity index (χ2n) is 6.89. The summed E-state index contributed by atoms with van der Waals surface area (Å²) in [5.41, 5.74) is 5.30. The lowest BCUT2D eigenvalue weighted by atomic mass is 9.96. The Morgan fingerprint density at radius 3 is 2.27 bits per heavy atom. The summed E-state index contributed by atoms with van der Waals surface area (Å²) in [6.45, 7) is 6.17. The van der Waals surface area contributed by atoms with Crippen molar-refractivity contribution in [3.8, 4) is 11.1 Å². The van der Waals surface area contributed by atoms with Crippen LogP contribution in [0.3, 0.4) is 0 Å². The van der Waals surface area contributed by atoms with Gasteiger partial charge in [0.1, 0.15) is 0 Å². The van der Waals surface area contributed by atoms with Crippen LogP contribution in [0.25, 0.3) is 11.1 Å². The third-order valence-electron chi connectivity index (χ3n) is 4.81. The van der Waals surface area contributed by atoms with Gasteiger partial charge >= 0.3 is 11.9 Å². The summed E-state index contributed by atoms with van der Waals surface area (Å²) in [5, 5.41) is 7.25. The normalized spacial score (nSPS) is 10.6. The van der Waals surface area contributed by atoms with Gasteiger partial charge in [0.25, 0.3) is 0 Å². The lowest BCUT2D eigenvalue weighted by molar-refractivity contribution is 0.0513. The highest BCUT2D eigenvalue weighted by Gasteiger charge is 2.22. The van der Waals surface area contributed by atoms with Crippen LogP contribution >= 0.6 is 0 Å². The minimum absolute atomic E-state index is 0.273. The number of carbonyl (C=O) groups is 2. The molecule has 0 aliphatic heterocycles. The fraction of sp³-hybridized carbons (Fsp3) is 0.292. The van der Waals surface area contributed by atoms with Crippen molar-refractivity contribution < 1.29 is 19.1 Å². The zero-order chi connectivity index (χ0) is 21.5. The maximum Gasteiger partial charge on any atom is 0.359 e. The van der Waals surface area contributed by atoms with Crippen LogP contribution < -0.4 is 0 Å². The molecule has 0 aliphatic rings. The van der Waals surface area contributed by atoms with Gasteiger partial charge < -0.3 is 9.47 Å². The molecule has 1 heterocycles. The number of hydrogen-bond donors (Lipinski definition) is 1. The van der Waals surface area contributed by atoms with Gasteiger partial charge in [0.05, 0.1) is 18.8 Å².